The van der Waals surface area contributed by atoms with Gasteiger partial charge in [0.15, 0.2) is 6.29 Å². The zero-order valence-corrected chi connectivity index (χ0v) is 13.9. The first kappa shape index (κ1) is 17.8. The number of carboxylic acids is 1. The molecule has 0 aliphatic carbocycles. The van der Waals surface area contributed by atoms with Gasteiger partial charge >= 0.3 is 5.97 Å². The lowest BCUT2D eigenvalue weighted by molar-refractivity contribution is -0.169. The Balaban J connectivity index is 2.16. The Bertz CT molecular complexity index is 879. The Kier molecular flexibility index (Phi) is 4.88. The van der Waals surface area contributed by atoms with E-state index in [1.807, 2.05) is 24.3 Å². The van der Waals surface area contributed by atoms with Gasteiger partial charge in [0.1, 0.15) is 12.2 Å². The summed E-state index contributed by atoms with van der Waals surface area (Å²) in [6, 6.07) is 12.5. The number of hydrogen-bond donors (Lipinski definition) is 3. The maximum absolute atomic E-state index is 12.2. The van der Waals surface area contributed by atoms with Gasteiger partial charge in [-0.25, -0.2) is 4.79 Å². The van der Waals surface area contributed by atoms with Crippen molar-refractivity contribution in [3.8, 4) is 0 Å². The fourth-order valence-corrected chi connectivity index (χ4v) is 3.27. The van der Waals surface area contributed by atoms with E-state index in [9.17, 15) is 24.9 Å². The van der Waals surface area contributed by atoms with Gasteiger partial charge in [-0.1, -0.05) is 48.6 Å². The number of carboxylic acid groups (broad SMARTS) is 1. The molecule has 3 atom stereocenters. The number of hydrogen-bond acceptors (Lipinski definition) is 5. The lowest BCUT2D eigenvalue weighted by Gasteiger charge is -2.43. The van der Waals surface area contributed by atoms with Crippen molar-refractivity contribution in [3.05, 3.63) is 72.6 Å². The highest BCUT2D eigenvalue weighted by atomic mass is 16.4. The van der Waals surface area contributed by atoms with Crippen LogP contribution in [-0.4, -0.2) is 44.1 Å². The molecule has 2 aromatic carbocycles. The van der Waals surface area contributed by atoms with Crippen molar-refractivity contribution in [2.45, 2.75) is 24.2 Å². The Morgan fingerprint density at radius 2 is 1.73 bits per heavy atom. The van der Waals surface area contributed by atoms with Crippen LogP contribution in [0, 0.1) is 0 Å². The van der Waals surface area contributed by atoms with Crippen LogP contribution in [0.2, 0.25) is 0 Å². The van der Waals surface area contributed by atoms with Crippen LogP contribution in [0.4, 0.5) is 0 Å². The number of aliphatic hydroxyl groups is 2. The molecule has 6 nitrogen and oxygen atoms in total. The second kappa shape index (κ2) is 7.11. The minimum atomic E-state index is -2.28. The molecule has 134 valence electrons. The van der Waals surface area contributed by atoms with Gasteiger partial charge in [0.25, 0.3) is 0 Å². The molecule has 3 rings (SSSR count). The fraction of sp³-hybridized carbons (Fsp3) is 0.200. The summed E-state index contributed by atoms with van der Waals surface area (Å²) in [5.74, 6) is -1.51. The lowest BCUT2D eigenvalue weighted by Crippen LogP contribution is -2.63. The minimum absolute atomic E-state index is 0.134. The summed E-state index contributed by atoms with van der Waals surface area (Å²) >= 11 is 0. The van der Waals surface area contributed by atoms with Crippen molar-refractivity contribution in [1.82, 2.24) is 4.90 Å². The molecule has 3 unspecified atom stereocenters. The summed E-state index contributed by atoms with van der Waals surface area (Å²) in [5, 5.41) is 33.0. The quantitative estimate of drug-likeness (QED) is 0.687. The summed E-state index contributed by atoms with van der Waals surface area (Å²) in [4.78, 5) is 24.7. The summed E-state index contributed by atoms with van der Waals surface area (Å²) in [5.41, 5.74) is -1.99. The summed E-state index contributed by atoms with van der Waals surface area (Å²) < 4.78 is 0. The lowest BCUT2D eigenvalue weighted by atomic mass is 9.80. The van der Waals surface area contributed by atoms with Crippen LogP contribution >= 0.6 is 0 Å². The maximum atomic E-state index is 12.2. The highest BCUT2D eigenvalue weighted by Crippen LogP contribution is 2.37. The second-order valence-electron chi connectivity index (χ2n) is 6.13. The third kappa shape index (κ3) is 2.79. The summed E-state index contributed by atoms with van der Waals surface area (Å²) in [6.45, 7) is 0. The first-order chi connectivity index (χ1) is 12.5. The molecule has 0 aromatic heterocycles. The van der Waals surface area contributed by atoms with Crippen LogP contribution in [0.1, 0.15) is 18.1 Å². The van der Waals surface area contributed by atoms with Crippen LogP contribution in [0.25, 0.3) is 10.8 Å². The maximum Gasteiger partial charge on any atom is 0.336 e. The van der Waals surface area contributed by atoms with Crippen LogP contribution in [-0.2, 0) is 9.59 Å². The Labute approximate surface area is 150 Å². The van der Waals surface area contributed by atoms with Crippen LogP contribution in [0.5, 0.6) is 0 Å². The monoisotopic (exact) mass is 353 g/mol. The van der Waals surface area contributed by atoms with E-state index in [1.54, 1.807) is 30.4 Å². The van der Waals surface area contributed by atoms with Crippen molar-refractivity contribution >= 4 is 23.0 Å². The molecule has 3 N–H and O–H groups in total. The topological polar surface area (TPSA) is 98.1 Å². The zero-order valence-electron chi connectivity index (χ0n) is 13.9. The molecule has 0 fully saturated rings. The van der Waals surface area contributed by atoms with Crippen molar-refractivity contribution in [2.75, 3.05) is 0 Å². The van der Waals surface area contributed by atoms with E-state index in [2.05, 4.69) is 0 Å². The normalized spacial score (nSPS) is 18.3. The van der Waals surface area contributed by atoms with Crippen molar-refractivity contribution < 1.29 is 24.9 Å². The number of benzene rings is 2. The number of fused-ring (bicyclic) bond motifs is 1. The van der Waals surface area contributed by atoms with Gasteiger partial charge in [0, 0.05) is 12.4 Å². The third-order valence-corrected chi connectivity index (χ3v) is 4.66. The van der Waals surface area contributed by atoms with Gasteiger partial charge in [-0.3, -0.25) is 0 Å². The average molecular weight is 353 g/mol. The van der Waals surface area contributed by atoms with E-state index < -0.39 is 23.7 Å². The van der Waals surface area contributed by atoms with E-state index in [0.29, 0.717) is 12.0 Å². The Morgan fingerprint density at radius 1 is 1.08 bits per heavy atom. The minimum Gasteiger partial charge on any atom is -0.479 e. The van der Waals surface area contributed by atoms with Crippen LogP contribution in [0.15, 0.2) is 67.0 Å². The molecule has 0 spiro atoms. The molecule has 1 heterocycles. The number of aliphatic hydroxyl groups excluding tert-OH is 2. The molecule has 1 aliphatic heterocycles. The molecule has 0 saturated carbocycles. The molecule has 0 saturated heterocycles. The summed E-state index contributed by atoms with van der Waals surface area (Å²) in [7, 11) is 0. The first-order valence-corrected chi connectivity index (χ1v) is 8.17. The van der Waals surface area contributed by atoms with E-state index in [1.165, 1.54) is 17.3 Å². The van der Waals surface area contributed by atoms with Gasteiger partial charge < -0.3 is 25.0 Å². The van der Waals surface area contributed by atoms with Crippen LogP contribution < -0.4 is 0 Å². The van der Waals surface area contributed by atoms with Gasteiger partial charge in [-0.2, -0.15) is 0 Å². The highest BCUT2D eigenvalue weighted by molar-refractivity contribution is 5.87. The zero-order chi connectivity index (χ0) is 18.7. The van der Waals surface area contributed by atoms with Crippen molar-refractivity contribution in [3.63, 3.8) is 0 Å². The van der Waals surface area contributed by atoms with Crippen LogP contribution in [0.3, 0.4) is 0 Å². The van der Waals surface area contributed by atoms with Gasteiger partial charge in [0.2, 0.25) is 5.54 Å². The number of carbonyl (C=O) groups is 2. The van der Waals surface area contributed by atoms with Gasteiger partial charge in [-0.15, -0.1) is 0 Å². The van der Waals surface area contributed by atoms with E-state index in [4.69, 9.17) is 0 Å². The number of rotatable bonds is 6. The Morgan fingerprint density at radius 3 is 2.35 bits per heavy atom. The van der Waals surface area contributed by atoms with E-state index in [0.717, 1.165) is 10.8 Å². The smallest absolute Gasteiger partial charge is 0.336 e. The molecular weight excluding hydrogens is 334 g/mol. The van der Waals surface area contributed by atoms with E-state index in [-0.39, 0.29) is 6.29 Å². The fourth-order valence-electron chi connectivity index (χ4n) is 3.27. The van der Waals surface area contributed by atoms with E-state index >= 15 is 0 Å². The Hall–Kier alpha value is -2.96. The number of nitrogens with zero attached hydrogens (tertiary/aromatic N) is 1. The standard InChI is InChI=1S/C20H19NO5/c22-13-17(23)20(19(25)26,21-10-4-1-5-11-21)18(24)16-9-8-14-6-2-3-7-15(14)12-16/h2-13,17-18,23-24H,1H2,(H,25,26). The molecule has 0 bridgehead atoms. The SMILES string of the molecule is O=CC(O)C(C(=O)O)(C(O)c1ccc2ccccc2c1)N1C=CCC=C1. The molecule has 1 aliphatic rings. The van der Waals surface area contributed by atoms with Gasteiger partial charge in [0.05, 0.1) is 0 Å². The first-order valence-electron chi connectivity index (χ1n) is 8.17. The molecule has 0 radical (unpaired) electrons. The van der Waals surface area contributed by atoms with Gasteiger partial charge in [-0.05, 0) is 28.8 Å². The number of aldehydes is 1. The molecule has 26 heavy (non-hydrogen) atoms. The number of aliphatic carboxylic acids is 1. The second-order valence-corrected chi connectivity index (χ2v) is 6.13. The largest absolute Gasteiger partial charge is 0.479 e. The molecule has 2 aromatic rings. The average Bonchev–Trinajstić information content (AvgIpc) is 2.68. The predicted octanol–water partition coefficient (Wildman–Crippen LogP) is 1.99. The summed E-state index contributed by atoms with van der Waals surface area (Å²) in [6.07, 6.45) is 3.39. The molecule has 6 heteroatoms. The molecule has 0 amide bonds. The third-order valence-electron chi connectivity index (χ3n) is 4.66. The van der Waals surface area contributed by atoms with Crippen molar-refractivity contribution in [1.29, 1.82) is 0 Å². The predicted molar refractivity (Wildman–Crippen MR) is 96.1 cm³/mol. The molecular formula is C20H19NO5. The highest BCUT2D eigenvalue weighted by Gasteiger charge is 2.56. The number of carbonyl (C=O) groups excluding carboxylic acids is 1. The number of allylic oxidation sites excluding steroid dienone is 2. The van der Waals surface area contributed by atoms with Crippen molar-refractivity contribution in [2.24, 2.45) is 0 Å².